The van der Waals surface area contributed by atoms with Crippen molar-refractivity contribution in [1.82, 2.24) is 9.97 Å². The second-order valence-electron chi connectivity index (χ2n) is 12.2. The number of fused-ring (bicyclic) bond motifs is 2. The fourth-order valence-corrected chi connectivity index (χ4v) is 6.35. The molecule has 0 saturated heterocycles. The van der Waals surface area contributed by atoms with Crippen LogP contribution in [0.1, 0.15) is 34.0 Å². The third-order valence-corrected chi connectivity index (χ3v) is 8.77. The van der Waals surface area contributed by atoms with Crippen molar-refractivity contribution in [3.05, 3.63) is 180 Å². The van der Waals surface area contributed by atoms with Gasteiger partial charge in [0.25, 0.3) is 0 Å². The van der Waals surface area contributed by atoms with E-state index in [0.717, 1.165) is 49.9 Å². The Bertz CT molecular complexity index is 1870. The maximum absolute atomic E-state index is 12.0. The predicted octanol–water partition coefficient (Wildman–Crippen LogP) is 8.53. The van der Waals surface area contributed by atoms with Crippen molar-refractivity contribution in [2.24, 2.45) is 0 Å². The molecule has 0 amide bonds. The number of benzene rings is 5. The number of rotatable bonds is 15. The summed E-state index contributed by atoms with van der Waals surface area (Å²) in [4.78, 5) is 7.36. The van der Waals surface area contributed by atoms with Crippen LogP contribution in [0.5, 0.6) is 0 Å². The molecule has 6 nitrogen and oxygen atoms in total. The van der Waals surface area contributed by atoms with Crippen molar-refractivity contribution in [1.29, 1.82) is 0 Å². The third kappa shape index (κ3) is 7.59. The Morgan fingerprint density at radius 1 is 0.479 bits per heavy atom. The van der Waals surface area contributed by atoms with Crippen LogP contribution in [-0.2, 0) is 34.0 Å². The number of ether oxygens (including phenoxy) is 3. The molecule has 5 aromatic carbocycles. The van der Waals surface area contributed by atoms with Crippen LogP contribution >= 0.6 is 0 Å². The fourth-order valence-electron chi connectivity index (χ4n) is 6.35. The van der Waals surface area contributed by atoms with Crippen LogP contribution in [0.3, 0.4) is 0 Å². The minimum Gasteiger partial charge on any atom is -0.388 e. The summed E-state index contributed by atoms with van der Waals surface area (Å²) in [5.74, 6) is -0.349. The maximum Gasteiger partial charge on any atom is 0.113 e. The summed E-state index contributed by atoms with van der Waals surface area (Å²) in [7, 11) is 0. The standard InChI is InChI=1S/C42H40N2O4/c45-39(29-46-26-30-14-4-1-5-15-30)41(47-27-31-16-6-2-7-17-31)42(48-28-32-18-8-3-9-19-32)40(37-24-33-20-10-12-22-35(33)43-37)38-25-34-21-11-13-23-36(34)44-38/h1-25,39-45H,26-29H2/t39-,41-,42-/m1/s1. The first kappa shape index (κ1) is 31.6. The molecule has 48 heavy (non-hydrogen) atoms. The lowest BCUT2D eigenvalue weighted by Crippen LogP contribution is -2.47. The second-order valence-corrected chi connectivity index (χ2v) is 12.2. The first-order valence-corrected chi connectivity index (χ1v) is 16.5. The summed E-state index contributed by atoms with van der Waals surface area (Å²) in [6.07, 6.45) is -2.37. The number of aliphatic hydroxyl groups is 1. The van der Waals surface area contributed by atoms with E-state index in [1.807, 2.05) is 103 Å². The Morgan fingerprint density at radius 3 is 1.38 bits per heavy atom. The molecule has 7 rings (SSSR count). The lowest BCUT2D eigenvalue weighted by molar-refractivity contribution is -0.151. The molecule has 0 unspecified atom stereocenters. The van der Waals surface area contributed by atoms with Gasteiger partial charge >= 0.3 is 0 Å². The molecule has 0 aliphatic heterocycles. The van der Waals surface area contributed by atoms with Gasteiger partial charge in [-0.2, -0.15) is 0 Å². The monoisotopic (exact) mass is 636 g/mol. The van der Waals surface area contributed by atoms with Crippen LogP contribution in [0, 0.1) is 0 Å². The van der Waals surface area contributed by atoms with Gasteiger partial charge in [0.05, 0.1) is 32.3 Å². The van der Waals surface area contributed by atoms with E-state index >= 15 is 0 Å². The van der Waals surface area contributed by atoms with Crippen molar-refractivity contribution in [2.45, 2.75) is 44.1 Å². The van der Waals surface area contributed by atoms with E-state index in [0.29, 0.717) is 19.8 Å². The van der Waals surface area contributed by atoms with Crippen LogP contribution in [-0.4, -0.2) is 40.0 Å². The molecule has 0 aliphatic carbocycles. The van der Waals surface area contributed by atoms with Gasteiger partial charge in [0.1, 0.15) is 18.3 Å². The summed E-state index contributed by atoms with van der Waals surface area (Å²) in [6, 6.07) is 51.0. The van der Waals surface area contributed by atoms with Crippen LogP contribution in [0.15, 0.2) is 152 Å². The molecule has 3 atom stereocenters. The van der Waals surface area contributed by atoms with E-state index in [2.05, 4.69) is 58.5 Å². The lowest BCUT2D eigenvalue weighted by Gasteiger charge is -2.35. The van der Waals surface area contributed by atoms with Crippen LogP contribution in [0.4, 0.5) is 0 Å². The van der Waals surface area contributed by atoms with E-state index in [1.165, 1.54) is 0 Å². The number of hydrogen-bond acceptors (Lipinski definition) is 4. The van der Waals surface area contributed by atoms with E-state index in [-0.39, 0.29) is 12.5 Å². The van der Waals surface area contributed by atoms with E-state index in [9.17, 15) is 5.11 Å². The number of H-pyrrole nitrogens is 2. The molecule has 6 heteroatoms. The zero-order valence-corrected chi connectivity index (χ0v) is 26.7. The number of nitrogens with one attached hydrogen (secondary N) is 2. The minimum absolute atomic E-state index is 0.0751. The normalized spacial score (nSPS) is 13.6. The zero-order chi connectivity index (χ0) is 32.5. The molecule has 0 spiro atoms. The summed E-state index contributed by atoms with van der Waals surface area (Å²) >= 11 is 0. The van der Waals surface area contributed by atoms with E-state index in [1.54, 1.807) is 0 Å². The summed E-state index contributed by atoms with van der Waals surface area (Å²) in [5, 5.41) is 14.2. The Labute approximate surface area is 280 Å². The quantitative estimate of drug-likeness (QED) is 0.105. The van der Waals surface area contributed by atoms with Crippen molar-refractivity contribution < 1.29 is 19.3 Å². The Morgan fingerprint density at radius 2 is 0.896 bits per heavy atom. The highest BCUT2D eigenvalue weighted by Crippen LogP contribution is 2.37. The molecule has 0 bridgehead atoms. The molecule has 0 saturated carbocycles. The van der Waals surface area contributed by atoms with Gasteiger partial charge in [-0.1, -0.05) is 127 Å². The summed E-state index contributed by atoms with van der Waals surface area (Å²) < 4.78 is 19.8. The van der Waals surface area contributed by atoms with Crippen molar-refractivity contribution >= 4 is 21.8 Å². The van der Waals surface area contributed by atoms with Crippen molar-refractivity contribution in [2.75, 3.05) is 6.61 Å². The van der Waals surface area contributed by atoms with Crippen molar-refractivity contribution in [3.8, 4) is 0 Å². The average Bonchev–Trinajstić information content (AvgIpc) is 3.76. The Balaban J connectivity index is 1.30. The lowest BCUT2D eigenvalue weighted by atomic mass is 9.88. The highest BCUT2D eigenvalue weighted by Gasteiger charge is 2.39. The number of aromatic amines is 2. The first-order chi connectivity index (χ1) is 23.7. The number of aromatic nitrogens is 2. The van der Waals surface area contributed by atoms with Crippen molar-refractivity contribution in [3.63, 3.8) is 0 Å². The van der Waals surface area contributed by atoms with Crippen LogP contribution < -0.4 is 0 Å². The van der Waals surface area contributed by atoms with Gasteiger partial charge in [-0.3, -0.25) is 0 Å². The minimum atomic E-state index is -0.991. The molecule has 3 N–H and O–H groups in total. The zero-order valence-electron chi connectivity index (χ0n) is 26.7. The third-order valence-electron chi connectivity index (χ3n) is 8.77. The largest absolute Gasteiger partial charge is 0.388 e. The molecule has 7 aromatic rings. The van der Waals surface area contributed by atoms with Crippen LogP contribution in [0.25, 0.3) is 21.8 Å². The smallest absolute Gasteiger partial charge is 0.113 e. The van der Waals surface area contributed by atoms with E-state index in [4.69, 9.17) is 14.2 Å². The number of para-hydroxylation sites is 2. The molecule has 0 radical (unpaired) electrons. The molecule has 242 valence electrons. The van der Waals surface area contributed by atoms with E-state index < -0.39 is 18.3 Å². The summed E-state index contributed by atoms with van der Waals surface area (Å²) in [6.45, 7) is 1.10. The Hall–Kier alpha value is -4.98. The molecular formula is C42H40N2O4. The van der Waals surface area contributed by atoms with Gasteiger partial charge in [-0.05, 0) is 51.7 Å². The first-order valence-electron chi connectivity index (χ1n) is 16.5. The Kier molecular flexibility index (Phi) is 10.1. The number of hydrogen-bond donors (Lipinski definition) is 3. The number of aliphatic hydroxyl groups excluding tert-OH is 1. The fraction of sp³-hybridized carbons (Fsp3) is 0.190. The van der Waals surface area contributed by atoms with Crippen LogP contribution in [0.2, 0.25) is 0 Å². The molecule has 2 heterocycles. The van der Waals surface area contributed by atoms with Gasteiger partial charge in [-0.15, -0.1) is 0 Å². The maximum atomic E-state index is 12.0. The average molecular weight is 637 g/mol. The summed E-state index contributed by atoms with van der Waals surface area (Å²) in [5.41, 5.74) is 7.07. The molecule has 2 aromatic heterocycles. The topological polar surface area (TPSA) is 79.5 Å². The van der Waals surface area contributed by atoms with Gasteiger partial charge in [0.15, 0.2) is 0 Å². The molecular weight excluding hydrogens is 596 g/mol. The highest BCUT2D eigenvalue weighted by atomic mass is 16.6. The second kappa shape index (κ2) is 15.3. The van der Waals surface area contributed by atoms with Gasteiger partial charge in [0, 0.05) is 22.4 Å². The van der Waals surface area contributed by atoms with Gasteiger partial charge < -0.3 is 29.3 Å². The highest BCUT2D eigenvalue weighted by molar-refractivity contribution is 5.82. The predicted molar refractivity (Wildman–Crippen MR) is 191 cm³/mol. The SMILES string of the molecule is O[C@H](COCc1ccccc1)[C@@H](OCc1ccccc1)[C@H](OCc1ccccc1)C(c1cc2ccccc2[nH]1)c1cc2ccccc2[nH]1. The van der Waals surface area contributed by atoms with Gasteiger partial charge in [-0.25, -0.2) is 0 Å². The molecule has 0 aliphatic rings. The van der Waals surface area contributed by atoms with Gasteiger partial charge in [0.2, 0.25) is 0 Å². The molecule has 0 fully saturated rings.